The lowest BCUT2D eigenvalue weighted by molar-refractivity contribution is -0.139. The van der Waals surface area contributed by atoms with Crippen LogP contribution in [0.25, 0.3) is 0 Å². The standard InChI is InChI=1S/C22H31N3O4/c1-16-4-6-19(7-5-16)25-15-18(14-20(25)26)22(28)24-11-8-17(9-12-24)21(27)23-10-3-13-29-2/h4-7,17-18H,3,8-15H2,1-2H3,(H,23,27)/t18-/m1/s1. The first-order valence-electron chi connectivity index (χ1n) is 10.4. The Labute approximate surface area is 172 Å². The Balaban J connectivity index is 1.47. The molecular formula is C22H31N3O4. The molecular weight excluding hydrogens is 370 g/mol. The number of ether oxygens (including phenoxy) is 1. The van der Waals surface area contributed by atoms with Crippen molar-refractivity contribution >= 4 is 23.4 Å². The van der Waals surface area contributed by atoms with Crippen molar-refractivity contribution in [3.05, 3.63) is 29.8 Å². The molecule has 0 aromatic heterocycles. The van der Waals surface area contributed by atoms with Gasteiger partial charge >= 0.3 is 0 Å². The van der Waals surface area contributed by atoms with E-state index in [1.54, 1.807) is 12.0 Å². The summed E-state index contributed by atoms with van der Waals surface area (Å²) in [6.45, 7) is 4.83. The molecule has 0 radical (unpaired) electrons. The van der Waals surface area contributed by atoms with E-state index in [9.17, 15) is 14.4 Å². The number of amides is 3. The number of anilines is 1. The first-order valence-corrected chi connectivity index (χ1v) is 10.4. The summed E-state index contributed by atoms with van der Waals surface area (Å²) in [5.41, 5.74) is 1.98. The summed E-state index contributed by atoms with van der Waals surface area (Å²) >= 11 is 0. The Morgan fingerprint density at radius 1 is 1.14 bits per heavy atom. The predicted molar refractivity (Wildman–Crippen MR) is 110 cm³/mol. The van der Waals surface area contributed by atoms with Gasteiger partial charge in [0.15, 0.2) is 0 Å². The van der Waals surface area contributed by atoms with Crippen molar-refractivity contribution in [3.8, 4) is 0 Å². The third-order valence-corrected chi connectivity index (χ3v) is 5.82. The van der Waals surface area contributed by atoms with Crippen molar-refractivity contribution in [2.75, 3.05) is 44.8 Å². The molecule has 7 heteroatoms. The molecule has 2 fully saturated rings. The molecule has 0 bridgehead atoms. The van der Waals surface area contributed by atoms with Gasteiger partial charge in [0.05, 0.1) is 5.92 Å². The lowest BCUT2D eigenvalue weighted by Gasteiger charge is -2.33. The van der Waals surface area contributed by atoms with Crippen molar-refractivity contribution in [3.63, 3.8) is 0 Å². The van der Waals surface area contributed by atoms with E-state index in [1.807, 2.05) is 36.1 Å². The molecule has 29 heavy (non-hydrogen) atoms. The summed E-state index contributed by atoms with van der Waals surface area (Å²) in [5, 5.41) is 2.95. The first-order chi connectivity index (χ1) is 14.0. The zero-order valence-electron chi connectivity index (χ0n) is 17.4. The van der Waals surface area contributed by atoms with E-state index in [1.165, 1.54) is 0 Å². The largest absolute Gasteiger partial charge is 0.385 e. The second-order valence-electron chi connectivity index (χ2n) is 7.98. The van der Waals surface area contributed by atoms with E-state index in [4.69, 9.17) is 4.74 Å². The van der Waals surface area contributed by atoms with Crippen molar-refractivity contribution in [2.24, 2.45) is 11.8 Å². The molecule has 1 aromatic carbocycles. The molecule has 2 heterocycles. The Hall–Kier alpha value is -2.41. The second-order valence-corrected chi connectivity index (χ2v) is 7.98. The number of hydrogen-bond donors (Lipinski definition) is 1. The second kappa shape index (κ2) is 9.87. The van der Waals surface area contributed by atoms with E-state index >= 15 is 0 Å². The summed E-state index contributed by atoms with van der Waals surface area (Å²) in [6.07, 6.45) is 2.40. The highest BCUT2D eigenvalue weighted by Gasteiger charge is 2.38. The van der Waals surface area contributed by atoms with E-state index in [2.05, 4.69) is 5.32 Å². The summed E-state index contributed by atoms with van der Waals surface area (Å²) in [5.74, 6) is -0.252. The van der Waals surface area contributed by atoms with Crippen LogP contribution in [0.2, 0.25) is 0 Å². The fraction of sp³-hybridized carbons (Fsp3) is 0.591. The van der Waals surface area contributed by atoms with Gasteiger partial charge in [-0.05, 0) is 38.3 Å². The average Bonchev–Trinajstić information content (AvgIpc) is 3.13. The van der Waals surface area contributed by atoms with Crippen LogP contribution in [-0.2, 0) is 19.1 Å². The van der Waals surface area contributed by atoms with Gasteiger partial charge in [-0.15, -0.1) is 0 Å². The Morgan fingerprint density at radius 2 is 1.83 bits per heavy atom. The number of benzene rings is 1. The Kier molecular flexibility index (Phi) is 7.25. The molecule has 0 aliphatic carbocycles. The van der Waals surface area contributed by atoms with Gasteiger partial charge in [0.25, 0.3) is 0 Å². The SMILES string of the molecule is COCCCNC(=O)C1CCN(C(=O)[C@@H]2CC(=O)N(c3ccc(C)cc3)C2)CC1. The zero-order chi connectivity index (χ0) is 20.8. The van der Waals surface area contributed by atoms with E-state index in [0.29, 0.717) is 45.6 Å². The highest BCUT2D eigenvalue weighted by Crippen LogP contribution is 2.28. The van der Waals surface area contributed by atoms with Crippen LogP contribution in [0, 0.1) is 18.8 Å². The van der Waals surface area contributed by atoms with Crippen LogP contribution in [0.1, 0.15) is 31.2 Å². The van der Waals surface area contributed by atoms with Crippen LogP contribution in [0.15, 0.2) is 24.3 Å². The number of piperidine rings is 1. The van der Waals surface area contributed by atoms with Gasteiger partial charge < -0.3 is 19.9 Å². The number of methoxy groups -OCH3 is 1. The molecule has 158 valence electrons. The van der Waals surface area contributed by atoms with E-state index < -0.39 is 0 Å². The molecule has 1 aromatic rings. The fourth-order valence-corrected chi connectivity index (χ4v) is 4.04. The number of carbonyl (C=O) groups is 3. The molecule has 0 saturated carbocycles. The van der Waals surface area contributed by atoms with Crippen molar-refractivity contribution in [2.45, 2.75) is 32.6 Å². The maximum absolute atomic E-state index is 12.9. The predicted octanol–water partition coefficient (Wildman–Crippen LogP) is 1.74. The summed E-state index contributed by atoms with van der Waals surface area (Å²) in [6, 6.07) is 7.80. The lowest BCUT2D eigenvalue weighted by Crippen LogP contribution is -2.45. The number of likely N-dealkylation sites (tertiary alicyclic amines) is 1. The number of rotatable bonds is 7. The van der Waals surface area contributed by atoms with Gasteiger partial charge in [-0.2, -0.15) is 0 Å². The fourth-order valence-electron chi connectivity index (χ4n) is 4.04. The maximum atomic E-state index is 12.9. The third-order valence-electron chi connectivity index (χ3n) is 5.82. The summed E-state index contributed by atoms with van der Waals surface area (Å²) in [7, 11) is 1.65. The Bertz CT molecular complexity index is 726. The number of nitrogens with one attached hydrogen (secondary N) is 1. The molecule has 0 unspecified atom stereocenters. The van der Waals surface area contributed by atoms with Crippen LogP contribution in [0.3, 0.4) is 0 Å². The smallest absolute Gasteiger partial charge is 0.228 e. The maximum Gasteiger partial charge on any atom is 0.228 e. The zero-order valence-corrected chi connectivity index (χ0v) is 17.4. The van der Waals surface area contributed by atoms with Gasteiger partial charge in [-0.25, -0.2) is 0 Å². The van der Waals surface area contributed by atoms with E-state index in [0.717, 1.165) is 17.7 Å². The highest BCUT2D eigenvalue weighted by molar-refractivity contribution is 6.00. The van der Waals surface area contributed by atoms with Gasteiger partial charge in [0, 0.05) is 57.9 Å². The normalized spacial score (nSPS) is 20.2. The van der Waals surface area contributed by atoms with Crippen LogP contribution in [0.4, 0.5) is 5.69 Å². The Morgan fingerprint density at radius 3 is 2.48 bits per heavy atom. The number of nitrogens with zero attached hydrogens (tertiary/aromatic N) is 2. The molecule has 2 aliphatic rings. The number of aryl methyl sites for hydroxylation is 1. The molecule has 0 spiro atoms. The van der Waals surface area contributed by atoms with Gasteiger partial charge in [0.1, 0.15) is 0 Å². The molecule has 3 rings (SSSR count). The van der Waals surface area contributed by atoms with Crippen LogP contribution < -0.4 is 10.2 Å². The van der Waals surface area contributed by atoms with Crippen molar-refractivity contribution < 1.29 is 19.1 Å². The molecule has 2 saturated heterocycles. The minimum atomic E-state index is -0.303. The quantitative estimate of drug-likeness (QED) is 0.706. The van der Waals surface area contributed by atoms with Crippen LogP contribution in [-0.4, -0.2) is 62.5 Å². The van der Waals surface area contributed by atoms with Gasteiger partial charge in [-0.3, -0.25) is 14.4 Å². The lowest BCUT2D eigenvalue weighted by atomic mass is 9.94. The van der Waals surface area contributed by atoms with Crippen LogP contribution >= 0.6 is 0 Å². The van der Waals surface area contributed by atoms with Gasteiger partial charge in [0.2, 0.25) is 17.7 Å². The van der Waals surface area contributed by atoms with Crippen LogP contribution in [0.5, 0.6) is 0 Å². The molecule has 3 amide bonds. The van der Waals surface area contributed by atoms with Crippen molar-refractivity contribution in [1.29, 1.82) is 0 Å². The molecule has 1 N–H and O–H groups in total. The van der Waals surface area contributed by atoms with Gasteiger partial charge in [-0.1, -0.05) is 17.7 Å². The highest BCUT2D eigenvalue weighted by atomic mass is 16.5. The monoisotopic (exact) mass is 401 g/mol. The molecule has 1 atom stereocenters. The first kappa shape index (κ1) is 21.3. The molecule has 2 aliphatic heterocycles. The third kappa shape index (κ3) is 5.35. The molecule has 7 nitrogen and oxygen atoms in total. The van der Waals surface area contributed by atoms with E-state index in [-0.39, 0.29) is 36.0 Å². The number of hydrogen-bond acceptors (Lipinski definition) is 4. The minimum Gasteiger partial charge on any atom is -0.385 e. The topological polar surface area (TPSA) is 79.0 Å². The summed E-state index contributed by atoms with van der Waals surface area (Å²) < 4.78 is 4.98. The van der Waals surface area contributed by atoms with Crippen molar-refractivity contribution in [1.82, 2.24) is 10.2 Å². The summed E-state index contributed by atoms with van der Waals surface area (Å²) in [4.78, 5) is 41.2. The average molecular weight is 402 g/mol. The number of carbonyl (C=O) groups excluding carboxylic acids is 3. The minimum absolute atomic E-state index is 0.00229.